The molecule has 0 aliphatic rings. The first-order valence-corrected chi connectivity index (χ1v) is 11.7. The van der Waals surface area contributed by atoms with Gasteiger partial charge in [0.05, 0.1) is 30.4 Å². The highest BCUT2D eigenvalue weighted by atomic mass is 79.9. The molecule has 0 saturated heterocycles. The van der Waals surface area contributed by atoms with Crippen molar-refractivity contribution < 1.29 is 9.47 Å². The molecule has 2 heterocycles. The van der Waals surface area contributed by atoms with E-state index in [1.165, 1.54) is 11.3 Å². The van der Waals surface area contributed by atoms with Gasteiger partial charge in [-0.1, -0.05) is 18.2 Å². The van der Waals surface area contributed by atoms with Crippen LogP contribution >= 0.6 is 27.3 Å². The summed E-state index contributed by atoms with van der Waals surface area (Å²) in [4.78, 5) is 17.1. The molecule has 2 aromatic carbocycles. The number of methoxy groups -OCH3 is 1. The van der Waals surface area contributed by atoms with E-state index in [-0.39, 0.29) is 12.2 Å². The largest absolute Gasteiger partial charge is 0.493 e. The zero-order chi connectivity index (χ0) is 23.4. The number of nitrogens with one attached hydrogen (secondary N) is 1. The Morgan fingerprint density at radius 2 is 2.00 bits per heavy atom. The van der Waals surface area contributed by atoms with Gasteiger partial charge in [0, 0.05) is 12.4 Å². The summed E-state index contributed by atoms with van der Waals surface area (Å²) in [6.07, 6.45) is 1.68. The van der Waals surface area contributed by atoms with E-state index >= 15 is 0 Å². The molecule has 8 nitrogen and oxygen atoms in total. The normalized spacial score (nSPS) is 11.2. The molecule has 33 heavy (non-hydrogen) atoms. The molecule has 1 N–H and O–H groups in total. The van der Waals surface area contributed by atoms with Gasteiger partial charge in [-0.2, -0.15) is 5.10 Å². The summed E-state index contributed by atoms with van der Waals surface area (Å²) in [6, 6.07) is 15.0. The first-order chi connectivity index (χ1) is 16.0. The maximum absolute atomic E-state index is 12.8. The average molecular weight is 528 g/mol. The Morgan fingerprint density at radius 3 is 2.70 bits per heavy atom. The van der Waals surface area contributed by atoms with Gasteiger partial charge < -0.3 is 9.47 Å². The van der Waals surface area contributed by atoms with Gasteiger partial charge >= 0.3 is 0 Å². The topological polar surface area (TPSA) is 82.7 Å². The zero-order valence-electron chi connectivity index (χ0n) is 18.3. The smallest absolute Gasteiger partial charge is 0.286 e. The number of benzene rings is 2. The van der Waals surface area contributed by atoms with Gasteiger partial charge in [0.25, 0.3) is 5.56 Å². The summed E-state index contributed by atoms with van der Waals surface area (Å²) in [5.41, 5.74) is 6.03. The van der Waals surface area contributed by atoms with Crippen LogP contribution in [0.15, 0.2) is 68.3 Å². The summed E-state index contributed by atoms with van der Waals surface area (Å²) < 4.78 is 15.3. The Hall–Kier alpha value is -3.37. The van der Waals surface area contributed by atoms with Gasteiger partial charge in [-0.3, -0.25) is 14.9 Å². The first-order valence-electron chi connectivity index (χ1n) is 10.0. The van der Waals surface area contributed by atoms with Crippen LogP contribution in [0.3, 0.4) is 0 Å². The van der Waals surface area contributed by atoms with E-state index in [0.717, 1.165) is 22.1 Å². The Labute approximate surface area is 203 Å². The number of aryl methyl sites for hydroxylation is 1. The van der Waals surface area contributed by atoms with Crippen LogP contribution < -0.4 is 20.5 Å². The lowest BCUT2D eigenvalue weighted by molar-refractivity contribution is 0.274. The molecule has 0 atom stereocenters. The minimum atomic E-state index is -0.149. The summed E-state index contributed by atoms with van der Waals surface area (Å²) >= 11 is 4.92. The van der Waals surface area contributed by atoms with E-state index in [1.54, 1.807) is 22.7 Å². The molecule has 0 aliphatic carbocycles. The Balaban J connectivity index is 1.50. The van der Waals surface area contributed by atoms with Crippen LogP contribution in [0.5, 0.6) is 11.5 Å². The molecular formula is C23H22BrN5O3S. The zero-order valence-corrected chi connectivity index (χ0v) is 20.7. The fourth-order valence-electron chi connectivity index (χ4n) is 3.23. The third-order valence-corrected chi connectivity index (χ3v) is 6.53. The van der Waals surface area contributed by atoms with Crippen LogP contribution in [0.4, 0.5) is 5.13 Å². The van der Waals surface area contributed by atoms with E-state index < -0.39 is 0 Å². The lowest BCUT2D eigenvalue weighted by Crippen LogP contribution is -2.19. The van der Waals surface area contributed by atoms with Crippen LogP contribution in [0, 0.1) is 6.92 Å². The van der Waals surface area contributed by atoms with E-state index in [2.05, 4.69) is 31.4 Å². The Kier molecular flexibility index (Phi) is 6.95. The summed E-state index contributed by atoms with van der Waals surface area (Å²) in [6.45, 7) is 2.11. The number of hydrogen-bond acceptors (Lipinski definition) is 7. The number of hydrazone groups is 1. The SMILES string of the molecule is COc1cc(C=NNc2nc(C)cs2)ccc1OCc1c(Br)c(=O)n(-c2ccccc2)n1C. The highest BCUT2D eigenvalue weighted by Gasteiger charge is 2.18. The Bertz CT molecular complexity index is 1340. The monoisotopic (exact) mass is 527 g/mol. The van der Waals surface area contributed by atoms with E-state index in [9.17, 15) is 4.79 Å². The van der Waals surface area contributed by atoms with E-state index in [1.807, 2.05) is 67.9 Å². The molecule has 0 radical (unpaired) electrons. The minimum Gasteiger partial charge on any atom is -0.493 e. The van der Waals surface area contributed by atoms with Crippen LogP contribution in [0.25, 0.3) is 5.69 Å². The number of halogens is 1. The maximum atomic E-state index is 12.8. The number of ether oxygens (including phenoxy) is 2. The summed E-state index contributed by atoms with van der Waals surface area (Å²) in [5.74, 6) is 1.12. The number of anilines is 1. The molecule has 4 aromatic rings. The number of nitrogens with zero attached hydrogens (tertiary/aromatic N) is 4. The Morgan fingerprint density at radius 1 is 1.21 bits per heavy atom. The van der Waals surface area contributed by atoms with E-state index in [0.29, 0.717) is 21.7 Å². The number of hydrogen-bond donors (Lipinski definition) is 1. The molecule has 0 spiro atoms. The van der Waals surface area contributed by atoms with Crippen molar-refractivity contribution in [3.63, 3.8) is 0 Å². The van der Waals surface area contributed by atoms with Crippen molar-refractivity contribution in [3.8, 4) is 17.2 Å². The van der Waals surface area contributed by atoms with Gasteiger partial charge in [-0.05, 0) is 58.7 Å². The number of aromatic nitrogens is 3. The van der Waals surface area contributed by atoms with E-state index in [4.69, 9.17) is 9.47 Å². The molecule has 0 fully saturated rings. The minimum absolute atomic E-state index is 0.149. The van der Waals surface area contributed by atoms with Gasteiger partial charge in [0.15, 0.2) is 11.5 Å². The fourth-order valence-corrected chi connectivity index (χ4v) is 4.41. The second-order valence-corrected chi connectivity index (χ2v) is 8.75. The van der Waals surface area contributed by atoms with Crippen molar-refractivity contribution in [2.75, 3.05) is 12.5 Å². The predicted octanol–water partition coefficient (Wildman–Crippen LogP) is 4.74. The molecule has 0 aliphatic heterocycles. The van der Waals surface area contributed by atoms with Gasteiger partial charge in [-0.15, -0.1) is 11.3 Å². The van der Waals surface area contributed by atoms with Crippen LogP contribution in [-0.2, 0) is 13.7 Å². The van der Waals surface area contributed by atoms with Crippen LogP contribution in [0.1, 0.15) is 17.0 Å². The molecule has 0 saturated carbocycles. The van der Waals surface area contributed by atoms with Crippen molar-refractivity contribution in [2.24, 2.45) is 12.1 Å². The number of rotatable bonds is 8. The predicted molar refractivity (Wildman–Crippen MR) is 134 cm³/mol. The highest BCUT2D eigenvalue weighted by Crippen LogP contribution is 2.29. The van der Waals surface area contributed by atoms with Crippen molar-refractivity contribution in [3.05, 3.63) is 85.7 Å². The molecular weight excluding hydrogens is 506 g/mol. The molecule has 170 valence electrons. The number of thiazole rings is 1. The van der Waals surface area contributed by atoms with Gasteiger partial charge in [-0.25, -0.2) is 9.67 Å². The second kappa shape index (κ2) is 10.1. The molecule has 0 amide bonds. The standard InChI is InChI=1S/C23H22BrN5O3S/c1-15-14-33-23(26-15)27-25-12-16-9-10-19(20(11-16)31-3)32-13-18-21(24)22(30)29(28(18)2)17-7-5-4-6-8-17/h4-12,14H,13H2,1-3H3,(H,26,27). The first kappa shape index (κ1) is 22.8. The third-order valence-electron chi connectivity index (χ3n) is 4.87. The lowest BCUT2D eigenvalue weighted by atomic mass is 10.2. The van der Waals surface area contributed by atoms with Gasteiger partial charge in [0.2, 0.25) is 5.13 Å². The van der Waals surface area contributed by atoms with Crippen molar-refractivity contribution in [2.45, 2.75) is 13.5 Å². The third kappa shape index (κ3) is 5.01. The second-order valence-electron chi connectivity index (χ2n) is 7.10. The van der Waals surface area contributed by atoms with Gasteiger partial charge in [0.1, 0.15) is 11.1 Å². The molecule has 10 heteroatoms. The molecule has 0 unspecified atom stereocenters. The molecule has 0 bridgehead atoms. The van der Waals surface area contributed by atoms with Crippen LogP contribution in [0.2, 0.25) is 0 Å². The lowest BCUT2D eigenvalue weighted by Gasteiger charge is -2.13. The van der Waals surface area contributed by atoms with Crippen molar-refractivity contribution in [1.82, 2.24) is 14.3 Å². The molecule has 4 rings (SSSR count). The molecule has 2 aromatic heterocycles. The number of para-hydroxylation sites is 1. The summed E-state index contributed by atoms with van der Waals surface area (Å²) in [5, 5.41) is 6.90. The summed E-state index contributed by atoms with van der Waals surface area (Å²) in [7, 11) is 3.41. The van der Waals surface area contributed by atoms with Crippen LogP contribution in [-0.4, -0.2) is 27.7 Å². The fraction of sp³-hybridized carbons (Fsp3) is 0.174. The van der Waals surface area contributed by atoms with Crippen molar-refractivity contribution >= 4 is 38.6 Å². The highest BCUT2D eigenvalue weighted by molar-refractivity contribution is 9.10. The average Bonchev–Trinajstić information content (AvgIpc) is 3.33. The maximum Gasteiger partial charge on any atom is 0.286 e. The van der Waals surface area contributed by atoms with Crippen molar-refractivity contribution in [1.29, 1.82) is 0 Å². The quantitative estimate of drug-likeness (QED) is 0.264.